The fraction of sp³-hybridized carbons (Fsp3) is 0.346. The maximum absolute atomic E-state index is 13.5. The molecule has 1 aliphatic heterocycles. The van der Waals surface area contributed by atoms with E-state index in [1.165, 1.54) is 10.9 Å². The lowest BCUT2D eigenvalue weighted by Gasteiger charge is -2.35. The predicted octanol–water partition coefficient (Wildman–Crippen LogP) is 4.25. The quantitative estimate of drug-likeness (QED) is 0.338. The zero-order chi connectivity index (χ0) is 27.1. The zero-order valence-corrected chi connectivity index (χ0v) is 23.1. The molecule has 198 valence electrons. The number of aromatic nitrogens is 4. The van der Waals surface area contributed by atoms with Crippen LogP contribution in [0.5, 0.6) is 0 Å². The number of hydrogen-bond acceptors (Lipinski definition) is 9. The third-order valence-corrected chi connectivity index (χ3v) is 7.86. The molecule has 38 heavy (non-hydrogen) atoms. The minimum Gasteiger partial charge on any atom is -0.476 e. The van der Waals surface area contributed by atoms with Crippen molar-refractivity contribution in [1.82, 2.24) is 19.5 Å². The lowest BCUT2D eigenvalue weighted by Crippen LogP contribution is -2.48. The number of pyridine rings is 1. The van der Waals surface area contributed by atoms with E-state index in [0.29, 0.717) is 35.6 Å². The van der Waals surface area contributed by atoms with Gasteiger partial charge >= 0.3 is 5.97 Å². The van der Waals surface area contributed by atoms with E-state index in [2.05, 4.69) is 25.1 Å². The number of thiazole rings is 1. The van der Waals surface area contributed by atoms with Gasteiger partial charge in [-0.1, -0.05) is 17.7 Å². The average Bonchev–Trinajstić information content (AvgIpc) is 3.33. The fourth-order valence-electron chi connectivity index (χ4n) is 4.77. The number of benzene rings is 1. The van der Waals surface area contributed by atoms with Gasteiger partial charge in [0, 0.05) is 49.9 Å². The Morgan fingerprint density at radius 2 is 1.84 bits per heavy atom. The molecule has 0 aliphatic carbocycles. The summed E-state index contributed by atoms with van der Waals surface area (Å²) in [5.74, 6) is -0.577. The van der Waals surface area contributed by atoms with Crippen molar-refractivity contribution < 1.29 is 9.90 Å². The Labute approximate surface area is 228 Å². The molecule has 3 aromatic heterocycles. The molecule has 5 rings (SSSR count). The molecule has 0 bridgehead atoms. The number of hydrogen-bond donors (Lipinski definition) is 2. The highest BCUT2D eigenvalue weighted by atomic mass is 35.5. The van der Waals surface area contributed by atoms with Gasteiger partial charge in [-0.25, -0.2) is 19.7 Å². The van der Waals surface area contributed by atoms with Crippen molar-refractivity contribution in [3.8, 4) is 0 Å². The zero-order valence-electron chi connectivity index (χ0n) is 21.5. The maximum Gasteiger partial charge on any atom is 0.356 e. The summed E-state index contributed by atoms with van der Waals surface area (Å²) < 4.78 is 1.61. The van der Waals surface area contributed by atoms with Crippen LogP contribution >= 0.6 is 22.9 Å². The number of piperazine rings is 1. The Balaban J connectivity index is 1.50. The van der Waals surface area contributed by atoms with Crippen molar-refractivity contribution in [3.63, 3.8) is 0 Å². The Bertz CT molecular complexity index is 1590. The second kappa shape index (κ2) is 10.2. The first-order valence-electron chi connectivity index (χ1n) is 12.2. The standard InChI is InChI=1S/C26H28ClN7O3S/c1-14-11-17(16(3)29-19-5-6-20(27)30-22(19)24(36)37)21-18(12-14)23(35)32(4)25(31-21)33-7-9-34(10-8-33)26-28-13-15(2)38-26/h5-6,11-13,16,29H,7-10H2,1-4H3,(H,36,37)/t16-/m1/s1. The summed E-state index contributed by atoms with van der Waals surface area (Å²) in [6.07, 6.45) is 1.89. The SMILES string of the molecule is Cc1cc([C@@H](C)Nc2ccc(Cl)nc2C(=O)O)c2nc(N3CCN(c4ncc(C)s4)CC3)n(C)c(=O)c2c1. The Kier molecular flexibility index (Phi) is 6.97. The van der Waals surface area contributed by atoms with Crippen LogP contribution in [-0.4, -0.2) is 56.8 Å². The molecule has 0 spiro atoms. The second-order valence-electron chi connectivity index (χ2n) is 9.46. The Morgan fingerprint density at radius 3 is 2.50 bits per heavy atom. The highest BCUT2D eigenvalue weighted by Crippen LogP contribution is 2.30. The first-order valence-corrected chi connectivity index (χ1v) is 13.4. The van der Waals surface area contributed by atoms with Gasteiger partial charge in [-0.05, 0) is 44.5 Å². The number of nitrogens with zero attached hydrogens (tertiary/aromatic N) is 6. The number of halogens is 1. The first kappa shape index (κ1) is 25.9. The van der Waals surface area contributed by atoms with E-state index in [1.807, 2.05) is 39.1 Å². The van der Waals surface area contributed by atoms with Crippen LogP contribution in [0.25, 0.3) is 10.9 Å². The van der Waals surface area contributed by atoms with E-state index in [-0.39, 0.29) is 22.4 Å². The highest BCUT2D eigenvalue weighted by Gasteiger charge is 2.25. The molecule has 4 heterocycles. The van der Waals surface area contributed by atoms with Crippen molar-refractivity contribution in [2.45, 2.75) is 26.8 Å². The summed E-state index contributed by atoms with van der Waals surface area (Å²) >= 11 is 7.60. The van der Waals surface area contributed by atoms with Gasteiger partial charge in [0.2, 0.25) is 5.95 Å². The minimum absolute atomic E-state index is 0.0986. The van der Waals surface area contributed by atoms with Gasteiger partial charge in [0.05, 0.1) is 22.6 Å². The number of fused-ring (bicyclic) bond motifs is 1. The van der Waals surface area contributed by atoms with Crippen LogP contribution < -0.4 is 20.7 Å². The highest BCUT2D eigenvalue weighted by molar-refractivity contribution is 7.15. The topological polar surface area (TPSA) is 116 Å². The van der Waals surface area contributed by atoms with Crippen molar-refractivity contribution in [3.05, 3.63) is 67.7 Å². The molecule has 2 N–H and O–H groups in total. The van der Waals surface area contributed by atoms with Crippen LogP contribution in [0.4, 0.5) is 16.8 Å². The summed E-state index contributed by atoms with van der Waals surface area (Å²) in [5.41, 5.74) is 2.33. The van der Waals surface area contributed by atoms with Crippen LogP contribution in [0.2, 0.25) is 5.15 Å². The van der Waals surface area contributed by atoms with Gasteiger partial charge in [0.25, 0.3) is 5.56 Å². The number of anilines is 3. The molecule has 1 aliphatic rings. The van der Waals surface area contributed by atoms with Crippen LogP contribution in [-0.2, 0) is 7.05 Å². The van der Waals surface area contributed by atoms with Gasteiger partial charge in [0.1, 0.15) is 5.15 Å². The number of carboxylic acid groups (broad SMARTS) is 1. The molecule has 0 saturated carbocycles. The number of carboxylic acids is 1. The summed E-state index contributed by atoms with van der Waals surface area (Å²) in [5, 5.41) is 14.5. The molecule has 12 heteroatoms. The van der Waals surface area contributed by atoms with Crippen LogP contribution in [0.3, 0.4) is 0 Å². The summed E-state index contributed by atoms with van der Waals surface area (Å²) in [6, 6.07) is 6.59. The Morgan fingerprint density at radius 1 is 1.13 bits per heavy atom. The van der Waals surface area contributed by atoms with E-state index in [4.69, 9.17) is 16.6 Å². The van der Waals surface area contributed by atoms with Gasteiger partial charge in [-0.2, -0.15) is 0 Å². The first-order chi connectivity index (χ1) is 18.1. The van der Waals surface area contributed by atoms with Crippen molar-refractivity contribution in [2.75, 3.05) is 41.3 Å². The minimum atomic E-state index is -1.18. The summed E-state index contributed by atoms with van der Waals surface area (Å²) in [4.78, 5) is 44.3. The maximum atomic E-state index is 13.5. The van der Waals surface area contributed by atoms with Crippen LogP contribution in [0, 0.1) is 13.8 Å². The van der Waals surface area contributed by atoms with E-state index in [9.17, 15) is 14.7 Å². The number of rotatable bonds is 6. The van der Waals surface area contributed by atoms with Gasteiger partial charge in [-0.3, -0.25) is 9.36 Å². The molecular formula is C26H28ClN7O3S. The normalized spacial score (nSPS) is 14.7. The molecular weight excluding hydrogens is 526 g/mol. The van der Waals surface area contributed by atoms with Gasteiger partial charge in [-0.15, -0.1) is 11.3 Å². The molecule has 10 nitrogen and oxygen atoms in total. The molecule has 0 amide bonds. The molecule has 0 radical (unpaired) electrons. The molecule has 0 unspecified atom stereocenters. The second-order valence-corrected chi connectivity index (χ2v) is 11.1. The molecule has 1 fully saturated rings. The number of nitrogens with one attached hydrogen (secondary N) is 1. The number of aryl methyl sites for hydroxylation is 2. The average molecular weight is 554 g/mol. The lowest BCUT2D eigenvalue weighted by molar-refractivity contribution is 0.0691. The Hall–Kier alpha value is -3.70. The largest absolute Gasteiger partial charge is 0.476 e. The molecule has 1 atom stereocenters. The van der Waals surface area contributed by atoms with E-state index in [1.54, 1.807) is 29.0 Å². The lowest BCUT2D eigenvalue weighted by atomic mass is 10.0. The van der Waals surface area contributed by atoms with Gasteiger partial charge < -0.3 is 20.2 Å². The van der Waals surface area contributed by atoms with Gasteiger partial charge in [0.15, 0.2) is 10.8 Å². The van der Waals surface area contributed by atoms with Crippen molar-refractivity contribution in [2.24, 2.45) is 7.05 Å². The predicted molar refractivity (Wildman–Crippen MR) is 151 cm³/mol. The van der Waals surface area contributed by atoms with Crippen LogP contribution in [0.15, 0.2) is 35.3 Å². The van der Waals surface area contributed by atoms with Crippen molar-refractivity contribution >= 4 is 56.6 Å². The molecule has 4 aromatic rings. The smallest absolute Gasteiger partial charge is 0.356 e. The molecule has 1 saturated heterocycles. The number of aromatic carboxylic acids is 1. The van der Waals surface area contributed by atoms with Crippen molar-refractivity contribution in [1.29, 1.82) is 0 Å². The monoisotopic (exact) mass is 553 g/mol. The van der Waals surface area contributed by atoms with E-state index in [0.717, 1.165) is 29.3 Å². The third-order valence-electron chi connectivity index (χ3n) is 6.68. The summed E-state index contributed by atoms with van der Waals surface area (Å²) in [7, 11) is 1.75. The van der Waals surface area contributed by atoms with Crippen LogP contribution in [0.1, 0.15) is 39.5 Å². The fourth-order valence-corrected chi connectivity index (χ4v) is 5.72. The molecule has 1 aromatic carbocycles. The van der Waals surface area contributed by atoms with E-state index >= 15 is 0 Å². The third kappa shape index (κ3) is 4.91. The number of carbonyl (C=O) groups is 1. The summed E-state index contributed by atoms with van der Waals surface area (Å²) in [6.45, 7) is 8.85. The van der Waals surface area contributed by atoms with E-state index < -0.39 is 5.97 Å².